The Morgan fingerprint density at radius 1 is 1.11 bits per heavy atom. The number of aromatic nitrogens is 6. The molecule has 0 unspecified atom stereocenters. The van der Waals surface area contributed by atoms with Crippen LogP contribution in [0.3, 0.4) is 0 Å². The molecule has 3 heterocycles. The van der Waals surface area contributed by atoms with Crippen LogP contribution in [0.15, 0.2) is 52.5 Å². The molecule has 3 aromatic heterocycles. The van der Waals surface area contributed by atoms with E-state index in [1.165, 1.54) is 30.1 Å². The van der Waals surface area contributed by atoms with Crippen LogP contribution in [0.5, 0.6) is 0 Å². The first-order chi connectivity index (χ1) is 16.7. The lowest BCUT2D eigenvalue weighted by Gasteiger charge is -2.14. The van der Waals surface area contributed by atoms with Crippen molar-refractivity contribution in [3.05, 3.63) is 64.5 Å². The molecule has 0 bridgehead atoms. The van der Waals surface area contributed by atoms with E-state index in [1.54, 1.807) is 13.8 Å². The summed E-state index contributed by atoms with van der Waals surface area (Å²) in [6, 6.07) is 3.87. The standard InChI is InChI=1S/C22H21F3N6O4S/c1-4-36(34,35)18-8-16(30-12-15(28-29-30)9-21(2,3)33)11-26-19(18)31-20(32)17-7-14(22(23,24)25)6-5-13(17)10-27-31/h5-8,10-12,33H,4,9H2,1-3H3. The SMILES string of the molecule is CCS(=O)(=O)c1cc(-n2cc(CC(C)(C)O)nn2)cnc1-n1ncc2ccc(C(F)(F)F)cc2c1=O. The molecule has 0 saturated carbocycles. The lowest BCUT2D eigenvalue weighted by atomic mass is 10.0. The van der Waals surface area contributed by atoms with Gasteiger partial charge in [0.15, 0.2) is 15.7 Å². The van der Waals surface area contributed by atoms with Gasteiger partial charge in [0.05, 0.1) is 52.3 Å². The van der Waals surface area contributed by atoms with Crippen LogP contribution in [-0.4, -0.2) is 54.6 Å². The van der Waals surface area contributed by atoms with Gasteiger partial charge in [0.1, 0.15) is 4.90 Å². The van der Waals surface area contributed by atoms with Gasteiger partial charge in [0.2, 0.25) is 0 Å². The fourth-order valence-corrected chi connectivity index (χ4v) is 4.54. The van der Waals surface area contributed by atoms with Gasteiger partial charge in [-0.15, -0.1) is 5.10 Å². The van der Waals surface area contributed by atoms with E-state index in [4.69, 9.17) is 0 Å². The number of aliphatic hydroxyl groups is 1. The summed E-state index contributed by atoms with van der Waals surface area (Å²) in [4.78, 5) is 16.9. The number of rotatable bonds is 6. The molecule has 0 fully saturated rings. The first-order valence-electron chi connectivity index (χ1n) is 10.7. The molecule has 4 aromatic rings. The second-order valence-electron chi connectivity index (χ2n) is 8.72. The molecule has 4 rings (SSSR count). The Bertz CT molecular complexity index is 1620. The molecule has 0 amide bonds. The van der Waals surface area contributed by atoms with Crippen molar-refractivity contribution in [1.29, 1.82) is 0 Å². The number of nitrogens with zero attached hydrogens (tertiary/aromatic N) is 6. The van der Waals surface area contributed by atoms with E-state index in [9.17, 15) is 31.5 Å². The second-order valence-corrected chi connectivity index (χ2v) is 11.0. The van der Waals surface area contributed by atoms with E-state index in [0.717, 1.165) is 18.3 Å². The maximum absolute atomic E-state index is 13.2. The highest BCUT2D eigenvalue weighted by atomic mass is 32.2. The molecule has 0 aliphatic heterocycles. The van der Waals surface area contributed by atoms with Gasteiger partial charge in [0.25, 0.3) is 5.56 Å². The van der Waals surface area contributed by atoms with Gasteiger partial charge in [-0.2, -0.15) is 23.0 Å². The van der Waals surface area contributed by atoms with E-state index < -0.39 is 32.7 Å². The number of hydrogen-bond acceptors (Lipinski definition) is 8. The first kappa shape index (κ1) is 25.4. The largest absolute Gasteiger partial charge is 0.416 e. The Morgan fingerprint density at radius 3 is 2.47 bits per heavy atom. The summed E-state index contributed by atoms with van der Waals surface area (Å²) in [7, 11) is -3.97. The molecule has 0 spiro atoms. The zero-order chi connectivity index (χ0) is 26.5. The molecule has 0 aliphatic rings. The predicted octanol–water partition coefficient (Wildman–Crippen LogP) is 2.49. The molecule has 0 atom stereocenters. The van der Waals surface area contributed by atoms with Crippen LogP contribution in [0.25, 0.3) is 22.3 Å². The summed E-state index contributed by atoms with van der Waals surface area (Å²) in [6.45, 7) is 4.59. The second kappa shape index (κ2) is 8.78. The van der Waals surface area contributed by atoms with Crippen LogP contribution in [0.2, 0.25) is 0 Å². The van der Waals surface area contributed by atoms with Gasteiger partial charge < -0.3 is 5.11 Å². The highest BCUT2D eigenvalue weighted by Crippen LogP contribution is 2.30. The molecular formula is C22H21F3N6O4S. The molecule has 190 valence electrons. The van der Waals surface area contributed by atoms with Gasteiger partial charge >= 0.3 is 6.18 Å². The molecular weight excluding hydrogens is 501 g/mol. The number of halogens is 3. The lowest BCUT2D eigenvalue weighted by molar-refractivity contribution is -0.137. The van der Waals surface area contributed by atoms with Crippen molar-refractivity contribution in [3.8, 4) is 11.5 Å². The molecule has 36 heavy (non-hydrogen) atoms. The average Bonchev–Trinajstić information content (AvgIpc) is 3.25. The summed E-state index contributed by atoms with van der Waals surface area (Å²) < 4.78 is 67.3. The summed E-state index contributed by atoms with van der Waals surface area (Å²) in [5.74, 6) is -0.700. The van der Waals surface area contributed by atoms with Crippen molar-refractivity contribution in [3.63, 3.8) is 0 Å². The third kappa shape index (κ3) is 4.99. The van der Waals surface area contributed by atoms with Gasteiger partial charge in [-0.3, -0.25) is 4.79 Å². The number of pyridine rings is 1. The predicted molar refractivity (Wildman–Crippen MR) is 123 cm³/mol. The molecule has 1 N–H and O–H groups in total. The smallest absolute Gasteiger partial charge is 0.390 e. The Kier molecular flexibility index (Phi) is 6.21. The fraction of sp³-hybridized carbons (Fsp3) is 0.318. The van der Waals surface area contributed by atoms with E-state index in [1.807, 2.05) is 0 Å². The maximum Gasteiger partial charge on any atom is 0.416 e. The van der Waals surface area contributed by atoms with Crippen molar-refractivity contribution in [2.45, 2.75) is 43.9 Å². The van der Waals surface area contributed by atoms with Crippen molar-refractivity contribution in [1.82, 2.24) is 29.8 Å². The van der Waals surface area contributed by atoms with E-state index in [2.05, 4.69) is 20.4 Å². The Morgan fingerprint density at radius 2 is 1.83 bits per heavy atom. The van der Waals surface area contributed by atoms with Gasteiger partial charge in [-0.1, -0.05) is 18.2 Å². The topological polar surface area (TPSA) is 133 Å². The molecule has 14 heteroatoms. The van der Waals surface area contributed by atoms with Gasteiger partial charge in [-0.05, 0) is 32.0 Å². The van der Waals surface area contributed by atoms with E-state index in [-0.39, 0.29) is 39.3 Å². The van der Waals surface area contributed by atoms with E-state index in [0.29, 0.717) is 16.4 Å². The number of sulfone groups is 1. The van der Waals surface area contributed by atoms with Crippen molar-refractivity contribution < 1.29 is 26.7 Å². The summed E-state index contributed by atoms with van der Waals surface area (Å²) in [6.07, 6.45) is -0.593. The van der Waals surface area contributed by atoms with E-state index >= 15 is 0 Å². The minimum absolute atomic E-state index is 0.155. The summed E-state index contributed by atoms with van der Waals surface area (Å²) >= 11 is 0. The van der Waals surface area contributed by atoms with Crippen LogP contribution >= 0.6 is 0 Å². The number of alkyl halides is 3. The minimum atomic E-state index is -4.67. The highest BCUT2D eigenvalue weighted by molar-refractivity contribution is 7.91. The van der Waals surface area contributed by atoms with Crippen molar-refractivity contribution >= 4 is 20.6 Å². The molecule has 0 aliphatic carbocycles. The lowest BCUT2D eigenvalue weighted by Crippen LogP contribution is -2.25. The number of hydrogen-bond donors (Lipinski definition) is 1. The minimum Gasteiger partial charge on any atom is -0.390 e. The Labute approximate surface area is 202 Å². The Hall–Kier alpha value is -3.65. The average molecular weight is 523 g/mol. The summed E-state index contributed by atoms with van der Waals surface area (Å²) in [5, 5.41) is 21.7. The third-order valence-electron chi connectivity index (χ3n) is 5.27. The first-order valence-corrected chi connectivity index (χ1v) is 12.3. The quantitative estimate of drug-likeness (QED) is 0.408. The Balaban J connectivity index is 1.89. The highest BCUT2D eigenvalue weighted by Gasteiger charge is 2.31. The molecule has 10 nitrogen and oxygen atoms in total. The van der Waals surface area contributed by atoms with Crippen LogP contribution < -0.4 is 5.56 Å². The maximum atomic E-state index is 13.2. The molecule has 0 saturated heterocycles. The van der Waals surface area contributed by atoms with Gasteiger partial charge in [0, 0.05) is 11.8 Å². The van der Waals surface area contributed by atoms with Gasteiger partial charge in [-0.25, -0.2) is 18.1 Å². The van der Waals surface area contributed by atoms with Crippen LogP contribution in [0, 0.1) is 0 Å². The number of benzene rings is 1. The summed E-state index contributed by atoms with van der Waals surface area (Å²) in [5.41, 5.74) is -2.38. The normalized spacial score (nSPS) is 12.9. The van der Waals surface area contributed by atoms with Crippen molar-refractivity contribution in [2.24, 2.45) is 0 Å². The van der Waals surface area contributed by atoms with Crippen LogP contribution in [0.1, 0.15) is 32.0 Å². The monoisotopic (exact) mass is 522 g/mol. The number of fused-ring (bicyclic) bond motifs is 1. The zero-order valence-electron chi connectivity index (χ0n) is 19.4. The van der Waals surface area contributed by atoms with Crippen LogP contribution in [-0.2, 0) is 22.4 Å². The van der Waals surface area contributed by atoms with Crippen LogP contribution in [0.4, 0.5) is 13.2 Å². The zero-order valence-corrected chi connectivity index (χ0v) is 20.2. The molecule has 0 radical (unpaired) electrons. The third-order valence-corrected chi connectivity index (χ3v) is 7.00. The molecule has 1 aromatic carbocycles. The fourth-order valence-electron chi connectivity index (χ4n) is 3.51. The van der Waals surface area contributed by atoms with Crippen molar-refractivity contribution in [2.75, 3.05) is 5.75 Å².